The van der Waals surface area contributed by atoms with Crippen molar-refractivity contribution in [2.75, 3.05) is 20.2 Å². The van der Waals surface area contributed by atoms with Crippen LogP contribution in [-0.2, 0) is 16.9 Å². The number of nitrogens with zero attached hydrogens (tertiary/aromatic N) is 2. The zero-order valence-electron chi connectivity index (χ0n) is 25.2. The fraction of sp³-hybridized carbons (Fsp3) is 0.389. The summed E-state index contributed by atoms with van der Waals surface area (Å²) in [6.07, 6.45) is 6.37. The lowest BCUT2D eigenvalue weighted by molar-refractivity contribution is -0.163. The molecule has 1 aromatic heterocycles. The van der Waals surface area contributed by atoms with Crippen LogP contribution < -0.4 is 10.2 Å². The summed E-state index contributed by atoms with van der Waals surface area (Å²) in [5, 5.41) is 21.8. The van der Waals surface area contributed by atoms with Gasteiger partial charge in [0.1, 0.15) is 17.2 Å². The van der Waals surface area contributed by atoms with E-state index >= 15 is 0 Å². The van der Waals surface area contributed by atoms with Crippen molar-refractivity contribution >= 4 is 22.7 Å². The molecule has 2 atom stereocenters. The summed E-state index contributed by atoms with van der Waals surface area (Å²) < 4.78 is 21.5. The normalized spacial score (nSPS) is 23.3. The number of hydroxylamine groups is 1. The molecule has 2 saturated carbocycles. The highest BCUT2D eigenvalue weighted by Gasteiger charge is 2.65. The largest absolute Gasteiger partial charge is 0.497 e. The number of likely N-dealkylation sites (tertiary alicyclic amines) is 1. The molecule has 9 heteroatoms. The molecule has 4 aromatic rings. The van der Waals surface area contributed by atoms with Crippen molar-refractivity contribution in [3.8, 4) is 17.0 Å². The van der Waals surface area contributed by atoms with E-state index in [0.717, 1.165) is 59.2 Å². The van der Waals surface area contributed by atoms with E-state index in [9.17, 15) is 24.3 Å². The number of methoxy groups -OCH3 is 1. The predicted octanol–water partition coefficient (Wildman–Crippen LogP) is 5.84. The molecule has 3 aromatic carbocycles. The number of ether oxygens (including phenoxy) is 1. The molecule has 4 aliphatic rings. The van der Waals surface area contributed by atoms with Crippen LogP contribution in [0.5, 0.6) is 5.75 Å². The van der Waals surface area contributed by atoms with E-state index in [2.05, 4.69) is 16.7 Å². The van der Waals surface area contributed by atoms with Gasteiger partial charge in [0.05, 0.1) is 31.3 Å². The Kier molecular flexibility index (Phi) is 6.38. The van der Waals surface area contributed by atoms with E-state index in [1.165, 1.54) is 24.1 Å². The first-order valence-corrected chi connectivity index (χ1v) is 15.8. The maximum absolute atomic E-state index is 14.5. The number of nitrogens with one attached hydrogen (secondary N) is 1. The highest BCUT2D eigenvalue weighted by atomic mass is 19.1. The molecule has 3 fully saturated rings. The van der Waals surface area contributed by atoms with E-state index in [-0.39, 0.29) is 30.7 Å². The second-order valence-corrected chi connectivity index (χ2v) is 13.4. The summed E-state index contributed by atoms with van der Waals surface area (Å²) in [6, 6.07) is 17.6. The first-order valence-electron chi connectivity index (χ1n) is 15.8. The second-order valence-electron chi connectivity index (χ2n) is 13.4. The summed E-state index contributed by atoms with van der Waals surface area (Å²) in [5.41, 5.74) is 6.17. The van der Waals surface area contributed by atoms with E-state index in [1.807, 2.05) is 18.2 Å². The minimum atomic E-state index is -1.22. The van der Waals surface area contributed by atoms with Gasteiger partial charge in [-0.2, -0.15) is 0 Å². The molecule has 3 heterocycles. The van der Waals surface area contributed by atoms with Gasteiger partial charge >= 0.3 is 0 Å². The first kappa shape index (κ1) is 28.3. The summed E-state index contributed by atoms with van der Waals surface area (Å²) in [4.78, 5) is 28.8. The van der Waals surface area contributed by atoms with Crippen LogP contribution in [0.4, 0.5) is 4.39 Å². The van der Waals surface area contributed by atoms with Gasteiger partial charge in [0.2, 0.25) is 5.91 Å². The summed E-state index contributed by atoms with van der Waals surface area (Å²) >= 11 is 0. The Balaban J connectivity index is 1.27. The van der Waals surface area contributed by atoms with Gasteiger partial charge in [0, 0.05) is 34.5 Å². The van der Waals surface area contributed by atoms with Crippen LogP contribution in [0, 0.1) is 11.2 Å². The molecule has 45 heavy (non-hydrogen) atoms. The molecule has 2 aliphatic heterocycles. The van der Waals surface area contributed by atoms with E-state index in [4.69, 9.17) is 4.74 Å². The van der Waals surface area contributed by atoms with Gasteiger partial charge in [-0.1, -0.05) is 37.5 Å². The minimum Gasteiger partial charge on any atom is -0.497 e. The summed E-state index contributed by atoms with van der Waals surface area (Å²) in [5.74, 6) is 0.0957. The van der Waals surface area contributed by atoms with Crippen LogP contribution in [0.3, 0.4) is 0 Å². The molecule has 8 nitrogen and oxygen atoms in total. The maximum atomic E-state index is 14.5. The lowest BCUT2D eigenvalue weighted by atomic mass is 9.81. The van der Waals surface area contributed by atoms with Crippen LogP contribution in [0.2, 0.25) is 0 Å². The van der Waals surface area contributed by atoms with Crippen molar-refractivity contribution in [1.29, 1.82) is 0 Å². The fourth-order valence-corrected chi connectivity index (χ4v) is 8.47. The fourth-order valence-electron chi connectivity index (χ4n) is 8.47. The van der Waals surface area contributed by atoms with E-state index < -0.39 is 16.9 Å². The van der Waals surface area contributed by atoms with Crippen molar-refractivity contribution in [2.45, 2.75) is 62.5 Å². The van der Waals surface area contributed by atoms with Gasteiger partial charge in [-0.15, -0.1) is 0 Å². The SMILES string of the molecule is COc1ccc2c(c1)C1CC1(C(=O)N1CC(O)(c3ccc(F)cc3)C1)Cn1c-2c(C2CCCCC2)c2ccc(C(=O)NO)cc21. The molecule has 8 rings (SSSR count). The number of halogens is 1. The zero-order valence-corrected chi connectivity index (χ0v) is 25.2. The van der Waals surface area contributed by atoms with Gasteiger partial charge in [-0.05, 0) is 84.3 Å². The van der Waals surface area contributed by atoms with Gasteiger partial charge < -0.3 is 19.3 Å². The molecular formula is C36H36FN3O5. The third-order valence-electron chi connectivity index (χ3n) is 10.9. The molecule has 2 aliphatic carbocycles. The van der Waals surface area contributed by atoms with E-state index in [1.54, 1.807) is 35.7 Å². The first-order chi connectivity index (χ1) is 21.8. The number of hydrogen-bond acceptors (Lipinski definition) is 5. The van der Waals surface area contributed by atoms with Crippen molar-refractivity contribution in [3.05, 3.63) is 88.7 Å². The van der Waals surface area contributed by atoms with Crippen molar-refractivity contribution < 1.29 is 29.0 Å². The Labute approximate surface area is 260 Å². The molecule has 2 unspecified atom stereocenters. The van der Waals surface area contributed by atoms with Crippen LogP contribution >= 0.6 is 0 Å². The Morgan fingerprint density at radius 2 is 1.73 bits per heavy atom. The average Bonchev–Trinajstić information content (AvgIpc) is 3.73. The van der Waals surface area contributed by atoms with Gasteiger partial charge in [0.15, 0.2) is 0 Å². The third-order valence-corrected chi connectivity index (χ3v) is 10.9. The lowest BCUT2D eigenvalue weighted by Crippen LogP contribution is -2.63. The molecule has 232 valence electrons. The monoisotopic (exact) mass is 609 g/mol. The summed E-state index contributed by atoms with van der Waals surface area (Å²) in [6.45, 7) is 0.719. The van der Waals surface area contributed by atoms with Gasteiger partial charge in [0.25, 0.3) is 5.91 Å². The number of carbonyl (C=O) groups is 2. The Hall–Kier alpha value is -4.21. The standard InChI is InChI=1S/C36H36FN3O5/c1-45-25-12-14-26-28(16-25)29-17-35(29,34(42)39-19-36(43,20-39)23-8-10-24(37)11-9-23)18-40-30-15-22(33(41)38-44)7-13-27(30)31(32(26)40)21-5-3-2-4-6-21/h7-16,21,29,43-44H,2-6,17-20H2,1H3,(H,38,41). The van der Waals surface area contributed by atoms with Crippen LogP contribution in [0.25, 0.3) is 22.2 Å². The number of β-amino-alcohol motifs (C(OH)–C–C–N with tert-alkyl or cyclic N) is 1. The second kappa shape index (κ2) is 10.2. The molecule has 2 amide bonds. The van der Waals surface area contributed by atoms with Crippen molar-refractivity contribution in [3.63, 3.8) is 0 Å². The number of fused-ring (bicyclic) bond motifs is 7. The van der Waals surface area contributed by atoms with Gasteiger partial charge in [-0.3, -0.25) is 14.8 Å². The average molecular weight is 610 g/mol. The predicted molar refractivity (Wildman–Crippen MR) is 166 cm³/mol. The zero-order chi connectivity index (χ0) is 31.1. The molecule has 0 radical (unpaired) electrons. The van der Waals surface area contributed by atoms with Crippen molar-refractivity contribution in [2.24, 2.45) is 5.41 Å². The number of carbonyl (C=O) groups excluding carboxylic acids is 2. The Morgan fingerprint density at radius 3 is 2.44 bits per heavy atom. The van der Waals surface area contributed by atoms with Crippen LogP contribution in [-0.4, -0.2) is 51.8 Å². The Morgan fingerprint density at radius 1 is 0.978 bits per heavy atom. The number of rotatable bonds is 5. The number of amides is 2. The quantitative estimate of drug-likeness (QED) is 0.195. The summed E-state index contributed by atoms with van der Waals surface area (Å²) in [7, 11) is 1.65. The van der Waals surface area contributed by atoms with Crippen LogP contribution in [0.1, 0.15) is 77.4 Å². The van der Waals surface area contributed by atoms with Crippen LogP contribution in [0.15, 0.2) is 60.7 Å². The van der Waals surface area contributed by atoms with Crippen molar-refractivity contribution in [1.82, 2.24) is 14.9 Å². The highest BCUT2D eigenvalue weighted by molar-refractivity contribution is 6.01. The molecule has 1 saturated heterocycles. The molecule has 0 spiro atoms. The lowest BCUT2D eigenvalue weighted by Gasteiger charge is -2.48. The number of aromatic nitrogens is 1. The number of hydrogen-bond donors (Lipinski definition) is 3. The topological polar surface area (TPSA) is 104 Å². The number of benzene rings is 3. The molecule has 3 N–H and O–H groups in total. The maximum Gasteiger partial charge on any atom is 0.274 e. The molecular weight excluding hydrogens is 573 g/mol. The van der Waals surface area contributed by atoms with Gasteiger partial charge in [-0.25, -0.2) is 9.87 Å². The molecule has 0 bridgehead atoms. The highest BCUT2D eigenvalue weighted by Crippen LogP contribution is 2.66. The third kappa shape index (κ3) is 4.24. The Bertz CT molecular complexity index is 1850. The smallest absolute Gasteiger partial charge is 0.274 e. The van der Waals surface area contributed by atoms with E-state index in [0.29, 0.717) is 30.0 Å². The number of aliphatic hydroxyl groups is 1. The minimum absolute atomic E-state index is 0.00812.